The maximum atomic E-state index is 12.1. The highest BCUT2D eigenvalue weighted by atomic mass is 16.5. The zero-order valence-corrected chi connectivity index (χ0v) is 18.7. The summed E-state index contributed by atoms with van der Waals surface area (Å²) < 4.78 is 5.91. The van der Waals surface area contributed by atoms with Gasteiger partial charge in [0.1, 0.15) is 0 Å². The Labute approximate surface area is 164 Å². The average molecular weight is 371 g/mol. The fourth-order valence-corrected chi connectivity index (χ4v) is 3.59. The third-order valence-electron chi connectivity index (χ3n) is 5.32. The first-order chi connectivity index (χ1) is 12.4. The quantitative estimate of drug-likeness (QED) is 0.156. The molecule has 0 amide bonds. The number of hydrogen-bond acceptors (Lipinski definition) is 2. The Hall–Kier alpha value is -0.570. The Balaban J connectivity index is 3.52. The fraction of sp³-hybridized carbons (Fsp3) is 0.957. The van der Waals surface area contributed by atoms with Gasteiger partial charge in [-0.1, -0.05) is 90.4 Å². The second kappa shape index (κ2) is 16.6. The van der Waals surface area contributed by atoms with Gasteiger partial charge < -0.3 is 9.22 Å². The summed E-state index contributed by atoms with van der Waals surface area (Å²) in [6.07, 6.45) is 20.1. The highest BCUT2D eigenvalue weighted by Crippen LogP contribution is 2.17. The van der Waals surface area contributed by atoms with Crippen LogP contribution in [0.2, 0.25) is 0 Å². The number of quaternary nitrogens is 1. The van der Waals surface area contributed by atoms with E-state index in [-0.39, 0.29) is 12.0 Å². The summed E-state index contributed by atoms with van der Waals surface area (Å²) in [5, 5.41) is 0. The minimum absolute atomic E-state index is 0.0210. The van der Waals surface area contributed by atoms with Crippen molar-refractivity contribution < 1.29 is 14.0 Å². The van der Waals surface area contributed by atoms with Gasteiger partial charge in [-0.15, -0.1) is 0 Å². The molecule has 0 saturated carbocycles. The first-order valence-electron chi connectivity index (χ1n) is 11.4. The van der Waals surface area contributed by atoms with Gasteiger partial charge in [0.25, 0.3) is 0 Å². The van der Waals surface area contributed by atoms with Crippen LogP contribution in [0.4, 0.5) is 0 Å². The van der Waals surface area contributed by atoms with Crippen molar-refractivity contribution in [1.82, 2.24) is 0 Å². The van der Waals surface area contributed by atoms with E-state index in [9.17, 15) is 4.79 Å². The summed E-state index contributed by atoms with van der Waals surface area (Å²) in [6, 6.07) is -0.0210. The molecule has 0 aliphatic rings. The Bertz CT molecular complexity index is 323. The lowest BCUT2D eigenvalue weighted by Crippen LogP contribution is -2.50. The lowest BCUT2D eigenvalue weighted by molar-refractivity contribution is -0.887. The van der Waals surface area contributed by atoms with Gasteiger partial charge in [-0.05, 0) is 13.3 Å². The van der Waals surface area contributed by atoms with Gasteiger partial charge in [0.05, 0.1) is 27.7 Å². The Morgan fingerprint density at radius 1 is 0.692 bits per heavy atom. The number of carbonyl (C=O) groups excluding carboxylic acids is 1. The predicted molar refractivity (Wildman–Crippen MR) is 113 cm³/mol. The molecule has 0 aromatic heterocycles. The Morgan fingerprint density at radius 3 is 1.42 bits per heavy atom. The van der Waals surface area contributed by atoms with Crippen LogP contribution < -0.4 is 0 Å². The normalized spacial score (nSPS) is 13.0. The zero-order chi connectivity index (χ0) is 19.7. The second-order valence-corrected chi connectivity index (χ2v) is 8.77. The highest BCUT2D eigenvalue weighted by molar-refractivity contribution is 5.74. The van der Waals surface area contributed by atoms with E-state index in [4.69, 9.17) is 4.74 Å². The predicted octanol–water partition coefficient (Wildman–Crippen LogP) is 6.50. The van der Waals surface area contributed by atoms with E-state index < -0.39 is 0 Å². The van der Waals surface area contributed by atoms with Crippen LogP contribution in [-0.4, -0.2) is 44.2 Å². The van der Waals surface area contributed by atoms with E-state index in [1.165, 1.54) is 83.5 Å². The Kier molecular flexibility index (Phi) is 16.2. The summed E-state index contributed by atoms with van der Waals surface area (Å²) in [5.41, 5.74) is 0. The van der Waals surface area contributed by atoms with E-state index in [2.05, 4.69) is 28.1 Å². The fourth-order valence-electron chi connectivity index (χ4n) is 3.59. The number of ether oxygens (including phenoxy) is 1. The molecule has 0 N–H and O–H groups in total. The van der Waals surface area contributed by atoms with Gasteiger partial charge in [0, 0.05) is 6.42 Å². The molecule has 3 nitrogen and oxygen atoms in total. The van der Waals surface area contributed by atoms with Crippen LogP contribution >= 0.6 is 0 Å². The average Bonchev–Trinajstić information content (AvgIpc) is 2.57. The molecule has 0 spiro atoms. The van der Waals surface area contributed by atoms with Crippen LogP contribution in [0.5, 0.6) is 0 Å². The van der Waals surface area contributed by atoms with Crippen LogP contribution in [0.15, 0.2) is 0 Å². The first-order valence-corrected chi connectivity index (χ1v) is 11.4. The third kappa shape index (κ3) is 14.6. The van der Waals surface area contributed by atoms with Crippen LogP contribution in [0.3, 0.4) is 0 Å². The molecule has 0 aromatic carbocycles. The topological polar surface area (TPSA) is 26.3 Å². The largest absolute Gasteiger partial charge is 0.462 e. The molecule has 0 aromatic rings. The Morgan fingerprint density at radius 2 is 1.08 bits per heavy atom. The minimum atomic E-state index is -0.0327. The SMILES string of the molecule is CCCCCCCCCCCCCCCCC(C(=O)OCC)[N+](C)(C)C. The smallest absolute Gasteiger partial charge is 0.364 e. The van der Waals surface area contributed by atoms with Gasteiger partial charge in [0.2, 0.25) is 0 Å². The molecule has 0 bridgehead atoms. The molecule has 26 heavy (non-hydrogen) atoms. The lowest BCUT2D eigenvalue weighted by atomic mass is 10.0. The minimum Gasteiger partial charge on any atom is -0.462 e. The van der Waals surface area contributed by atoms with Crippen molar-refractivity contribution in [2.24, 2.45) is 0 Å². The van der Waals surface area contributed by atoms with E-state index in [0.717, 1.165) is 12.8 Å². The van der Waals surface area contributed by atoms with Crippen LogP contribution in [0.1, 0.15) is 110 Å². The number of unbranched alkanes of at least 4 members (excludes halogenated alkanes) is 13. The second-order valence-electron chi connectivity index (χ2n) is 8.77. The maximum absolute atomic E-state index is 12.1. The van der Waals surface area contributed by atoms with E-state index >= 15 is 0 Å². The van der Waals surface area contributed by atoms with Gasteiger partial charge in [-0.3, -0.25) is 0 Å². The number of hydrogen-bond donors (Lipinski definition) is 0. The summed E-state index contributed by atoms with van der Waals surface area (Å²) in [4.78, 5) is 12.1. The van der Waals surface area contributed by atoms with Crippen LogP contribution in [0.25, 0.3) is 0 Å². The molecule has 1 atom stereocenters. The summed E-state index contributed by atoms with van der Waals surface area (Å²) in [5.74, 6) is -0.0327. The van der Waals surface area contributed by atoms with Gasteiger partial charge in [-0.25, -0.2) is 4.79 Å². The molecular formula is C23H48NO2+. The van der Waals surface area contributed by atoms with Gasteiger partial charge >= 0.3 is 5.97 Å². The van der Waals surface area contributed by atoms with Crippen molar-refractivity contribution in [1.29, 1.82) is 0 Å². The first kappa shape index (κ1) is 25.4. The molecule has 0 fully saturated rings. The molecule has 0 rings (SSSR count). The highest BCUT2D eigenvalue weighted by Gasteiger charge is 2.32. The lowest BCUT2D eigenvalue weighted by Gasteiger charge is -2.32. The summed E-state index contributed by atoms with van der Waals surface area (Å²) >= 11 is 0. The van der Waals surface area contributed by atoms with Crippen molar-refractivity contribution in [3.8, 4) is 0 Å². The molecule has 0 aliphatic heterocycles. The maximum Gasteiger partial charge on any atom is 0.364 e. The van der Waals surface area contributed by atoms with Crippen molar-refractivity contribution in [2.75, 3.05) is 27.7 Å². The molecule has 0 saturated heterocycles. The molecule has 0 heterocycles. The summed E-state index contributed by atoms with van der Waals surface area (Å²) in [7, 11) is 6.27. The van der Waals surface area contributed by atoms with E-state index in [1.54, 1.807) is 0 Å². The van der Waals surface area contributed by atoms with Crippen molar-refractivity contribution >= 4 is 5.97 Å². The van der Waals surface area contributed by atoms with Gasteiger partial charge in [-0.2, -0.15) is 0 Å². The molecule has 156 valence electrons. The molecule has 0 radical (unpaired) electrons. The molecule has 1 unspecified atom stereocenters. The zero-order valence-electron chi connectivity index (χ0n) is 18.7. The molecule has 3 heteroatoms. The van der Waals surface area contributed by atoms with Gasteiger partial charge in [0.15, 0.2) is 6.04 Å². The number of likely N-dealkylation sites (N-methyl/N-ethyl adjacent to an activating group) is 1. The number of rotatable bonds is 18. The standard InChI is InChI=1S/C23H48NO2/c1-6-8-9-10-11-12-13-14-15-16-17-18-19-20-21-22(24(3,4)5)23(25)26-7-2/h22H,6-21H2,1-5H3/q+1. The number of nitrogens with zero attached hydrogens (tertiary/aromatic N) is 1. The van der Waals surface area contributed by atoms with Crippen LogP contribution in [-0.2, 0) is 9.53 Å². The molecule has 0 aliphatic carbocycles. The van der Waals surface area contributed by atoms with Crippen molar-refractivity contribution in [3.63, 3.8) is 0 Å². The van der Waals surface area contributed by atoms with Crippen molar-refractivity contribution in [3.05, 3.63) is 0 Å². The van der Waals surface area contributed by atoms with Crippen molar-refractivity contribution in [2.45, 2.75) is 116 Å². The van der Waals surface area contributed by atoms with E-state index in [0.29, 0.717) is 11.1 Å². The number of esters is 1. The third-order valence-corrected chi connectivity index (χ3v) is 5.32. The van der Waals surface area contributed by atoms with E-state index in [1.807, 2.05) is 6.92 Å². The number of carbonyl (C=O) groups is 1. The monoisotopic (exact) mass is 370 g/mol. The molecular weight excluding hydrogens is 322 g/mol. The van der Waals surface area contributed by atoms with Crippen LogP contribution in [0, 0.1) is 0 Å². The summed E-state index contributed by atoms with van der Waals surface area (Å²) in [6.45, 7) is 4.65.